The molecule has 0 aromatic carbocycles. The number of nitrogens with one attached hydrogen (secondary N) is 1. The van der Waals surface area contributed by atoms with Crippen LogP contribution in [0.2, 0.25) is 0 Å². The molecule has 0 unspecified atom stereocenters. The average Bonchev–Trinajstić information content (AvgIpc) is 2.43. The lowest BCUT2D eigenvalue weighted by molar-refractivity contribution is 0.586. The predicted octanol–water partition coefficient (Wildman–Crippen LogP) is 3.08. The third kappa shape index (κ3) is 4.88. The van der Waals surface area contributed by atoms with E-state index < -0.39 is 0 Å². The fourth-order valence-corrected chi connectivity index (χ4v) is 1.42. The van der Waals surface area contributed by atoms with E-state index in [9.17, 15) is 0 Å². The van der Waals surface area contributed by atoms with E-state index in [4.69, 9.17) is 0 Å². The number of hydrogen-bond acceptors (Lipinski definition) is 1. The summed E-state index contributed by atoms with van der Waals surface area (Å²) in [6.45, 7) is 9.83. The van der Waals surface area contributed by atoms with Gasteiger partial charge >= 0.3 is 0 Å². The first-order valence-corrected chi connectivity index (χ1v) is 4.71. The summed E-state index contributed by atoms with van der Waals surface area (Å²) in [4.78, 5) is 0. The van der Waals surface area contributed by atoms with Crippen LogP contribution in [0.15, 0.2) is 12.3 Å². The monoisotopic (exact) mass is 155 g/mol. The maximum Gasteiger partial charge on any atom is 0.0257 e. The maximum atomic E-state index is 3.81. The van der Waals surface area contributed by atoms with Crippen LogP contribution in [0.25, 0.3) is 0 Å². The Balaban J connectivity index is 0.000000461. The van der Waals surface area contributed by atoms with Crippen LogP contribution in [-0.2, 0) is 0 Å². The molecule has 66 valence electrons. The molecule has 1 fully saturated rings. The molecular weight excluding hydrogens is 134 g/mol. The third-order valence-corrected chi connectivity index (χ3v) is 1.81. The molecule has 0 bridgehead atoms. The Hall–Kier alpha value is -0.460. The minimum atomic E-state index is 0.738. The molecule has 0 radical (unpaired) electrons. The molecule has 0 aliphatic heterocycles. The highest BCUT2D eigenvalue weighted by Gasteiger charge is 2.12. The van der Waals surface area contributed by atoms with E-state index in [1.807, 2.05) is 20.8 Å². The molecule has 1 N–H and O–H groups in total. The Morgan fingerprint density at radius 2 is 1.73 bits per heavy atom. The Kier molecular flexibility index (Phi) is 6.00. The summed E-state index contributed by atoms with van der Waals surface area (Å²) in [5.74, 6) is 0. The van der Waals surface area contributed by atoms with Gasteiger partial charge in [-0.15, -0.1) is 0 Å². The summed E-state index contributed by atoms with van der Waals surface area (Å²) in [5, 5.41) is 3.35. The first kappa shape index (κ1) is 10.5. The minimum Gasteiger partial charge on any atom is -0.386 e. The van der Waals surface area contributed by atoms with Gasteiger partial charge in [-0.2, -0.15) is 0 Å². The molecule has 0 saturated heterocycles. The molecule has 0 heterocycles. The highest BCUT2D eigenvalue weighted by molar-refractivity contribution is 4.90. The van der Waals surface area contributed by atoms with Crippen LogP contribution in [0.3, 0.4) is 0 Å². The van der Waals surface area contributed by atoms with E-state index in [-0.39, 0.29) is 0 Å². The molecule has 1 aliphatic carbocycles. The summed E-state index contributed by atoms with van der Waals surface area (Å²) < 4.78 is 0. The van der Waals surface area contributed by atoms with Crippen molar-refractivity contribution in [2.45, 2.75) is 52.5 Å². The van der Waals surface area contributed by atoms with Crippen molar-refractivity contribution in [1.82, 2.24) is 5.32 Å². The average molecular weight is 155 g/mol. The molecule has 1 aliphatic rings. The van der Waals surface area contributed by atoms with E-state index in [2.05, 4.69) is 11.9 Å². The molecule has 0 amide bonds. The quantitative estimate of drug-likeness (QED) is 0.646. The van der Waals surface area contributed by atoms with Gasteiger partial charge in [0.2, 0.25) is 0 Å². The molecule has 1 saturated carbocycles. The minimum absolute atomic E-state index is 0.738. The molecule has 11 heavy (non-hydrogen) atoms. The second-order valence-corrected chi connectivity index (χ2v) is 2.91. The summed E-state index contributed by atoms with van der Waals surface area (Å²) in [6, 6.07) is 0.738. The van der Waals surface area contributed by atoms with Gasteiger partial charge in [-0.3, -0.25) is 0 Å². The van der Waals surface area contributed by atoms with Crippen molar-refractivity contribution in [3.63, 3.8) is 0 Å². The molecule has 0 aromatic heterocycles. The lowest BCUT2D eigenvalue weighted by Gasteiger charge is -2.11. The van der Waals surface area contributed by atoms with E-state index in [0.717, 1.165) is 11.7 Å². The molecule has 1 nitrogen and oxygen atoms in total. The van der Waals surface area contributed by atoms with E-state index in [1.54, 1.807) is 0 Å². The highest BCUT2D eigenvalue weighted by atomic mass is 14.9. The number of hydrogen-bond donors (Lipinski definition) is 1. The Morgan fingerprint density at radius 1 is 1.27 bits per heavy atom. The van der Waals surface area contributed by atoms with E-state index >= 15 is 0 Å². The van der Waals surface area contributed by atoms with Crippen molar-refractivity contribution >= 4 is 0 Å². The van der Waals surface area contributed by atoms with Gasteiger partial charge in [-0.25, -0.2) is 0 Å². The van der Waals surface area contributed by atoms with Crippen LogP contribution in [0.5, 0.6) is 0 Å². The van der Waals surface area contributed by atoms with Gasteiger partial charge in [0.05, 0.1) is 0 Å². The van der Waals surface area contributed by atoms with Crippen molar-refractivity contribution in [3.05, 3.63) is 12.3 Å². The normalized spacial score (nSPS) is 17.0. The summed E-state index contributed by atoms with van der Waals surface area (Å²) in [5.41, 5.74) is 1.11. The Bertz CT molecular complexity index is 101. The van der Waals surface area contributed by atoms with Crippen molar-refractivity contribution in [1.29, 1.82) is 0 Å². The molecule has 1 heteroatoms. The van der Waals surface area contributed by atoms with Crippen molar-refractivity contribution < 1.29 is 0 Å². The molecule has 0 spiro atoms. The van der Waals surface area contributed by atoms with E-state index in [1.165, 1.54) is 25.7 Å². The summed E-state index contributed by atoms with van der Waals surface area (Å²) in [7, 11) is 0. The van der Waals surface area contributed by atoms with Crippen LogP contribution >= 0.6 is 0 Å². The fourth-order valence-electron chi connectivity index (χ4n) is 1.42. The smallest absolute Gasteiger partial charge is 0.0257 e. The zero-order valence-corrected chi connectivity index (χ0v) is 8.11. The van der Waals surface area contributed by atoms with Gasteiger partial charge < -0.3 is 5.32 Å². The fraction of sp³-hybridized carbons (Fsp3) is 0.800. The molecule has 0 aromatic rings. The zero-order chi connectivity index (χ0) is 8.69. The summed E-state index contributed by atoms with van der Waals surface area (Å²) >= 11 is 0. The van der Waals surface area contributed by atoms with E-state index in [0.29, 0.717) is 0 Å². The second kappa shape index (κ2) is 6.26. The summed E-state index contributed by atoms with van der Waals surface area (Å²) in [6.07, 6.45) is 5.47. The molecule has 0 atom stereocenters. The van der Waals surface area contributed by atoms with Gasteiger partial charge in [0.25, 0.3) is 0 Å². The van der Waals surface area contributed by atoms with Gasteiger partial charge in [-0.05, 0) is 19.8 Å². The number of allylic oxidation sites excluding steroid dienone is 1. The Morgan fingerprint density at radius 3 is 2.09 bits per heavy atom. The largest absolute Gasteiger partial charge is 0.386 e. The third-order valence-electron chi connectivity index (χ3n) is 1.81. The van der Waals surface area contributed by atoms with Crippen molar-refractivity contribution in [2.24, 2.45) is 0 Å². The van der Waals surface area contributed by atoms with Crippen LogP contribution in [-0.4, -0.2) is 6.04 Å². The van der Waals surface area contributed by atoms with Crippen LogP contribution < -0.4 is 5.32 Å². The van der Waals surface area contributed by atoms with Crippen LogP contribution in [0, 0.1) is 0 Å². The lowest BCUT2D eigenvalue weighted by Crippen LogP contribution is -2.23. The Labute approximate surface area is 70.9 Å². The lowest BCUT2D eigenvalue weighted by atomic mass is 10.2. The van der Waals surface area contributed by atoms with Crippen molar-refractivity contribution in [3.8, 4) is 0 Å². The zero-order valence-electron chi connectivity index (χ0n) is 8.11. The van der Waals surface area contributed by atoms with Gasteiger partial charge in [0.15, 0.2) is 0 Å². The second-order valence-electron chi connectivity index (χ2n) is 2.91. The van der Waals surface area contributed by atoms with Crippen molar-refractivity contribution in [2.75, 3.05) is 0 Å². The van der Waals surface area contributed by atoms with Gasteiger partial charge in [0.1, 0.15) is 0 Å². The van der Waals surface area contributed by atoms with Gasteiger partial charge in [0, 0.05) is 11.7 Å². The SMILES string of the molecule is C=C(C)NC1CCCC1.CC. The van der Waals surface area contributed by atoms with Crippen LogP contribution in [0.4, 0.5) is 0 Å². The first-order chi connectivity index (χ1) is 5.29. The highest BCUT2D eigenvalue weighted by Crippen LogP contribution is 2.18. The number of rotatable bonds is 2. The maximum absolute atomic E-state index is 3.81. The molecule has 1 rings (SSSR count). The van der Waals surface area contributed by atoms with Crippen LogP contribution in [0.1, 0.15) is 46.5 Å². The predicted molar refractivity (Wildman–Crippen MR) is 51.6 cm³/mol. The molecular formula is C10H21N. The standard InChI is InChI=1S/C8H15N.C2H6/c1-7(2)9-8-5-3-4-6-8;1-2/h8-9H,1,3-6H2,2H3;1-2H3. The first-order valence-electron chi connectivity index (χ1n) is 4.71. The van der Waals surface area contributed by atoms with Gasteiger partial charge in [-0.1, -0.05) is 33.3 Å². The topological polar surface area (TPSA) is 12.0 Å².